The zero-order chi connectivity index (χ0) is 5.86. The van der Waals surface area contributed by atoms with Gasteiger partial charge in [-0.1, -0.05) is 0 Å². The zero-order valence-corrected chi connectivity index (χ0v) is 5.44. The minimum Gasteiger partial charge on any atom is -0.348 e. The first-order chi connectivity index (χ1) is 3.13. The van der Waals surface area contributed by atoms with E-state index >= 15 is 0 Å². The standard InChI is InChI=1S/C3H11N2OP/c1-3(2)5-7(4)6/h3,5-6H,4H2,1-2H3. The lowest BCUT2D eigenvalue weighted by Gasteiger charge is -2.07. The number of rotatable bonds is 2. The largest absolute Gasteiger partial charge is 0.348 e. The highest BCUT2D eigenvalue weighted by Gasteiger charge is 1.95. The molecule has 0 saturated heterocycles. The molecule has 0 bridgehead atoms. The summed E-state index contributed by atoms with van der Waals surface area (Å²) in [7, 11) is -1.39. The lowest BCUT2D eigenvalue weighted by atomic mass is 10.4. The van der Waals surface area contributed by atoms with E-state index in [1.807, 2.05) is 13.8 Å². The van der Waals surface area contributed by atoms with E-state index in [9.17, 15) is 0 Å². The molecule has 0 heterocycles. The Morgan fingerprint density at radius 2 is 2.14 bits per heavy atom. The minimum atomic E-state index is -1.39. The molecule has 4 N–H and O–H groups in total. The zero-order valence-electron chi connectivity index (χ0n) is 4.55. The number of hydrogen-bond acceptors (Lipinski definition) is 3. The summed E-state index contributed by atoms with van der Waals surface area (Å²) in [5, 5.41) is 2.70. The second kappa shape index (κ2) is 3.33. The van der Waals surface area contributed by atoms with Crippen LogP contribution in [0.3, 0.4) is 0 Å². The normalized spacial score (nSPS) is 15.0. The van der Waals surface area contributed by atoms with Gasteiger partial charge in [0.2, 0.25) is 0 Å². The third kappa shape index (κ3) is 6.31. The van der Waals surface area contributed by atoms with Crippen LogP contribution in [0.4, 0.5) is 0 Å². The molecule has 0 aromatic carbocycles. The maximum Gasteiger partial charge on any atom is 0.176 e. The molecule has 0 amide bonds. The van der Waals surface area contributed by atoms with E-state index in [1.165, 1.54) is 0 Å². The highest BCUT2D eigenvalue weighted by Crippen LogP contribution is 2.10. The van der Waals surface area contributed by atoms with Gasteiger partial charge in [-0.2, -0.15) is 0 Å². The topological polar surface area (TPSA) is 58.3 Å². The molecule has 0 aliphatic heterocycles. The van der Waals surface area contributed by atoms with Crippen molar-refractivity contribution in [3.8, 4) is 0 Å². The molecule has 0 aromatic heterocycles. The monoisotopic (exact) mass is 122 g/mol. The molecule has 0 rings (SSSR count). The van der Waals surface area contributed by atoms with E-state index in [1.54, 1.807) is 0 Å². The van der Waals surface area contributed by atoms with Crippen LogP contribution in [0, 0.1) is 0 Å². The molecule has 0 saturated carbocycles. The molecule has 3 nitrogen and oxygen atoms in total. The molecule has 0 fully saturated rings. The molecule has 0 aliphatic carbocycles. The van der Waals surface area contributed by atoms with E-state index in [0.717, 1.165) is 0 Å². The summed E-state index contributed by atoms with van der Waals surface area (Å²) in [5.41, 5.74) is 5.00. The molecule has 0 aromatic rings. The van der Waals surface area contributed by atoms with E-state index in [2.05, 4.69) is 5.09 Å². The second-order valence-corrected chi connectivity index (χ2v) is 2.58. The van der Waals surface area contributed by atoms with Crippen LogP contribution in [-0.4, -0.2) is 10.9 Å². The van der Waals surface area contributed by atoms with Crippen molar-refractivity contribution in [3.63, 3.8) is 0 Å². The fraction of sp³-hybridized carbons (Fsp3) is 1.00. The molecule has 0 spiro atoms. The quantitative estimate of drug-likeness (QED) is 0.457. The Balaban J connectivity index is 2.95. The van der Waals surface area contributed by atoms with Gasteiger partial charge < -0.3 is 4.89 Å². The maximum absolute atomic E-state index is 8.45. The molecule has 0 aliphatic rings. The summed E-state index contributed by atoms with van der Waals surface area (Å²) in [6.07, 6.45) is 0. The van der Waals surface area contributed by atoms with Crippen molar-refractivity contribution in [3.05, 3.63) is 0 Å². The average Bonchev–Trinajstić information content (AvgIpc) is 1.27. The van der Waals surface area contributed by atoms with Gasteiger partial charge in [0.15, 0.2) is 8.45 Å². The summed E-state index contributed by atoms with van der Waals surface area (Å²) in [5.74, 6) is 0. The molecule has 1 atom stereocenters. The fourth-order valence-electron chi connectivity index (χ4n) is 0.265. The number of nitrogens with two attached hydrogens (primary N) is 1. The van der Waals surface area contributed by atoms with Crippen LogP contribution in [0.2, 0.25) is 0 Å². The predicted molar refractivity (Wildman–Crippen MR) is 31.6 cm³/mol. The highest BCUT2D eigenvalue weighted by molar-refractivity contribution is 7.46. The van der Waals surface area contributed by atoms with Crippen molar-refractivity contribution in [1.29, 1.82) is 0 Å². The number of nitrogens with one attached hydrogen (secondary N) is 1. The van der Waals surface area contributed by atoms with Crippen molar-refractivity contribution in [1.82, 2.24) is 5.09 Å². The first-order valence-electron chi connectivity index (χ1n) is 2.13. The summed E-state index contributed by atoms with van der Waals surface area (Å²) in [4.78, 5) is 8.45. The maximum atomic E-state index is 8.45. The van der Waals surface area contributed by atoms with Crippen molar-refractivity contribution in [2.45, 2.75) is 19.9 Å². The molecule has 4 heteroatoms. The van der Waals surface area contributed by atoms with E-state index in [-0.39, 0.29) is 6.04 Å². The molecule has 7 heavy (non-hydrogen) atoms. The van der Waals surface area contributed by atoms with Crippen molar-refractivity contribution >= 4 is 8.45 Å². The lowest BCUT2D eigenvalue weighted by molar-refractivity contribution is 0.590. The summed E-state index contributed by atoms with van der Waals surface area (Å²) in [6.45, 7) is 3.86. The van der Waals surface area contributed by atoms with Crippen LogP contribution in [0.15, 0.2) is 0 Å². The second-order valence-electron chi connectivity index (χ2n) is 1.63. The number of hydrogen-bond donors (Lipinski definition) is 3. The Hall–Kier alpha value is 0.310. The van der Waals surface area contributed by atoms with Gasteiger partial charge in [-0.3, -0.25) is 10.6 Å². The lowest BCUT2D eigenvalue weighted by Crippen LogP contribution is -2.19. The van der Waals surface area contributed by atoms with Crippen LogP contribution in [-0.2, 0) is 0 Å². The smallest absolute Gasteiger partial charge is 0.176 e. The van der Waals surface area contributed by atoms with Crippen LogP contribution in [0.5, 0.6) is 0 Å². The molecule has 44 valence electrons. The molecule has 0 radical (unpaired) electrons. The summed E-state index contributed by atoms with van der Waals surface area (Å²) < 4.78 is 0. The Morgan fingerprint density at radius 1 is 1.71 bits per heavy atom. The predicted octanol–water partition coefficient (Wildman–Crippen LogP) is 0.162. The van der Waals surface area contributed by atoms with Gasteiger partial charge in [-0.15, -0.1) is 0 Å². The SMILES string of the molecule is CC(C)NP(N)O. The molecule has 1 unspecified atom stereocenters. The first-order valence-corrected chi connectivity index (χ1v) is 3.49. The van der Waals surface area contributed by atoms with Crippen LogP contribution < -0.4 is 10.6 Å². The van der Waals surface area contributed by atoms with Crippen molar-refractivity contribution in [2.75, 3.05) is 0 Å². The van der Waals surface area contributed by atoms with Crippen molar-refractivity contribution in [2.24, 2.45) is 5.50 Å². The summed E-state index contributed by atoms with van der Waals surface area (Å²) in [6, 6.07) is 0.279. The molecular weight excluding hydrogens is 111 g/mol. The third-order valence-electron chi connectivity index (χ3n) is 0.390. The Morgan fingerprint density at radius 3 is 2.14 bits per heavy atom. The van der Waals surface area contributed by atoms with Crippen LogP contribution in [0.1, 0.15) is 13.8 Å². The van der Waals surface area contributed by atoms with E-state index in [4.69, 9.17) is 10.4 Å². The van der Waals surface area contributed by atoms with Crippen molar-refractivity contribution < 1.29 is 4.89 Å². The molecular formula is C3H11N2OP. The van der Waals surface area contributed by atoms with Gasteiger partial charge in [0.25, 0.3) is 0 Å². The Labute approximate surface area is 44.9 Å². The summed E-state index contributed by atoms with van der Waals surface area (Å²) >= 11 is 0. The van der Waals surface area contributed by atoms with Gasteiger partial charge in [-0.25, -0.2) is 0 Å². The fourth-order valence-corrected chi connectivity index (χ4v) is 0.794. The van der Waals surface area contributed by atoms with E-state index < -0.39 is 8.45 Å². The third-order valence-corrected chi connectivity index (χ3v) is 1.17. The van der Waals surface area contributed by atoms with E-state index in [0.29, 0.717) is 0 Å². The van der Waals surface area contributed by atoms with Gasteiger partial charge in [-0.05, 0) is 13.8 Å². The van der Waals surface area contributed by atoms with Crippen LogP contribution in [0.25, 0.3) is 0 Å². The minimum absolute atomic E-state index is 0.279. The Bertz CT molecular complexity index is 42.2. The highest BCUT2D eigenvalue weighted by atomic mass is 31.2. The van der Waals surface area contributed by atoms with Crippen LogP contribution >= 0.6 is 8.45 Å². The van der Waals surface area contributed by atoms with Gasteiger partial charge in [0.05, 0.1) is 0 Å². The first kappa shape index (κ1) is 7.31. The van der Waals surface area contributed by atoms with Gasteiger partial charge >= 0.3 is 0 Å². The van der Waals surface area contributed by atoms with Gasteiger partial charge in [0.1, 0.15) is 0 Å². The Kier molecular flexibility index (Phi) is 3.48. The van der Waals surface area contributed by atoms with Gasteiger partial charge in [0, 0.05) is 6.04 Å². The average molecular weight is 122 g/mol.